The monoisotopic (exact) mass is 642 g/mol. The number of benzene rings is 7. The Labute approximate surface area is 286 Å². The van der Waals surface area contributed by atoms with E-state index in [1.165, 1.54) is 0 Å². The van der Waals surface area contributed by atoms with Crippen molar-refractivity contribution >= 4 is 43.8 Å². The number of hydrogen-bond acceptors (Lipinski definition) is 6. The third kappa shape index (κ3) is 4.73. The van der Waals surface area contributed by atoms with Crippen molar-refractivity contribution < 1.29 is 8.83 Å². The lowest BCUT2D eigenvalue weighted by molar-refractivity contribution is 0.617. The Morgan fingerprint density at radius 2 is 0.960 bits per heavy atom. The van der Waals surface area contributed by atoms with Crippen LogP contribution in [0.3, 0.4) is 0 Å². The largest absolute Gasteiger partial charge is 0.456 e. The standard InChI is InChI=1S/C44H26N4O2/c1-3-11-27(12-4-1)29-19-22-30(23-20-29)41-46-42(33-24-21-28-13-7-8-16-32(28)25-33)48-43(47-41)39-38-34-17-9-10-18-35(34)49-36(38)26-37-40(39)45-44(50-37)31-14-5-2-6-15-31/h1-26H. The first-order valence-electron chi connectivity index (χ1n) is 16.5. The Bertz CT molecular complexity index is 2860. The summed E-state index contributed by atoms with van der Waals surface area (Å²) < 4.78 is 12.8. The fourth-order valence-electron chi connectivity index (χ4n) is 6.71. The highest BCUT2D eigenvalue weighted by molar-refractivity contribution is 6.18. The minimum Gasteiger partial charge on any atom is -0.456 e. The maximum atomic E-state index is 6.41. The van der Waals surface area contributed by atoms with E-state index in [0.717, 1.165) is 60.5 Å². The van der Waals surface area contributed by atoms with Gasteiger partial charge in [-0.05, 0) is 46.2 Å². The van der Waals surface area contributed by atoms with E-state index < -0.39 is 0 Å². The van der Waals surface area contributed by atoms with Crippen LogP contribution in [0.4, 0.5) is 0 Å². The predicted octanol–water partition coefficient (Wildman–Crippen LogP) is 11.4. The van der Waals surface area contributed by atoms with Gasteiger partial charge in [0, 0.05) is 33.5 Å². The van der Waals surface area contributed by atoms with Gasteiger partial charge in [0.2, 0.25) is 5.89 Å². The molecule has 0 radical (unpaired) electrons. The number of oxazole rings is 1. The quantitative estimate of drug-likeness (QED) is 0.186. The molecular weight excluding hydrogens is 617 g/mol. The summed E-state index contributed by atoms with van der Waals surface area (Å²) in [7, 11) is 0. The number of nitrogens with zero attached hydrogens (tertiary/aromatic N) is 4. The fourth-order valence-corrected chi connectivity index (χ4v) is 6.71. The number of para-hydroxylation sites is 1. The number of rotatable bonds is 5. The van der Waals surface area contributed by atoms with Crippen molar-refractivity contribution in [1.82, 2.24) is 19.9 Å². The zero-order chi connectivity index (χ0) is 33.0. The topological polar surface area (TPSA) is 77.8 Å². The first kappa shape index (κ1) is 28.1. The third-order valence-corrected chi connectivity index (χ3v) is 9.16. The van der Waals surface area contributed by atoms with Crippen molar-refractivity contribution in [3.8, 4) is 56.7 Å². The summed E-state index contributed by atoms with van der Waals surface area (Å²) in [5.41, 5.74) is 8.32. The highest BCUT2D eigenvalue weighted by atomic mass is 16.4. The van der Waals surface area contributed by atoms with Crippen molar-refractivity contribution in [3.05, 3.63) is 158 Å². The molecule has 3 aromatic heterocycles. The summed E-state index contributed by atoms with van der Waals surface area (Å²) in [4.78, 5) is 20.5. The molecule has 0 fully saturated rings. The molecule has 10 rings (SSSR count). The van der Waals surface area contributed by atoms with E-state index in [0.29, 0.717) is 40.0 Å². The van der Waals surface area contributed by atoms with E-state index in [-0.39, 0.29) is 0 Å². The molecule has 0 spiro atoms. The van der Waals surface area contributed by atoms with Crippen LogP contribution in [-0.2, 0) is 0 Å². The second-order valence-corrected chi connectivity index (χ2v) is 12.3. The lowest BCUT2D eigenvalue weighted by atomic mass is 10.0. The Morgan fingerprint density at radius 1 is 0.360 bits per heavy atom. The molecule has 6 heteroatoms. The van der Waals surface area contributed by atoms with Crippen LogP contribution < -0.4 is 0 Å². The van der Waals surface area contributed by atoms with Gasteiger partial charge in [-0.25, -0.2) is 19.9 Å². The van der Waals surface area contributed by atoms with Gasteiger partial charge in [0.15, 0.2) is 23.1 Å². The minimum absolute atomic E-state index is 0.486. The minimum atomic E-state index is 0.486. The van der Waals surface area contributed by atoms with Crippen LogP contribution in [0.1, 0.15) is 0 Å². The normalized spacial score (nSPS) is 11.6. The second-order valence-electron chi connectivity index (χ2n) is 12.3. The van der Waals surface area contributed by atoms with Gasteiger partial charge in [-0.15, -0.1) is 0 Å². The number of aromatic nitrogens is 4. The molecule has 0 aliphatic rings. The molecular formula is C44H26N4O2. The van der Waals surface area contributed by atoms with Gasteiger partial charge in [0.25, 0.3) is 0 Å². The Kier molecular flexibility index (Phi) is 6.39. The molecule has 0 aliphatic heterocycles. The Balaban J connectivity index is 1.25. The molecule has 0 aliphatic carbocycles. The maximum Gasteiger partial charge on any atom is 0.227 e. The first-order chi connectivity index (χ1) is 24.7. The lowest BCUT2D eigenvalue weighted by Gasteiger charge is -2.11. The molecule has 234 valence electrons. The SMILES string of the molecule is c1ccc(-c2ccc(-c3nc(-c4ccc5ccccc5c4)nc(-c4c5nc(-c6ccccc6)oc5cc5oc6ccccc6c45)n3)cc2)cc1. The molecule has 0 bridgehead atoms. The molecule has 0 atom stereocenters. The van der Waals surface area contributed by atoms with Crippen molar-refractivity contribution in [2.24, 2.45) is 0 Å². The third-order valence-electron chi connectivity index (χ3n) is 9.16. The highest BCUT2D eigenvalue weighted by Gasteiger charge is 2.24. The van der Waals surface area contributed by atoms with E-state index in [4.69, 9.17) is 28.8 Å². The summed E-state index contributed by atoms with van der Waals surface area (Å²) in [6.07, 6.45) is 0. The van der Waals surface area contributed by atoms with E-state index in [1.807, 2.05) is 84.9 Å². The molecule has 10 aromatic rings. The zero-order valence-electron chi connectivity index (χ0n) is 26.6. The fraction of sp³-hybridized carbons (Fsp3) is 0. The van der Waals surface area contributed by atoms with Crippen LogP contribution >= 0.6 is 0 Å². The van der Waals surface area contributed by atoms with Crippen molar-refractivity contribution in [2.45, 2.75) is 0 Å². The molecule has 50 heavy (non-hydrogen) atoms. The smallest absolute Gasteiger partial charge is 0.227 e. The van der Waals surface area contributed by atoms with Crippen LogP contribution in [0.25, 0.3) is 101 Å². The van der Waals surface area contributed by atoms with Gasteiger partial charge in [0.1, 0.15) is 16.7 Å². The van der Waals surface area contributed by atoms with E-state index in [9.17, 15) is 0 Å². The van der Waals surface area contributed by atoms with Gasteiger partial charge in [-0.1, -0.05) is 127 Å². The Morgan fingerprint density at radius 3 is 1.76 bits per heavy atom. The van der Waals surface area contributed by atoms with Crippen LogP contribution in [0.5, 0.6) is 0 Å². The van der Waals surface area contributed by atoms with Gasteiger partial charge < -0.3 is 8.83 Å². The molecule has 0 saturated carbocycles. The van der Waals surface area contributed by atoms with E-state index >= 15 is 0 Å². The average Bonchev–Trinajstić information content (AvgIpc) is 3.79. The van der Waals surface area contributed by atoms with Gasteiger partial charge in [-0.2, -0.15) is 0 Å². The summed E-state index contributed by atoms with van der Waals surface area (Å²) in [5, 5.41) is 4.08. The van der Waals surface area contributed by atoms with Crippen LogP contribution in [0.2, 0.25) is 0 Å². The van der Waals surface area contributed by atoms with Crippen molar-refractivity contribution in [1.29, 1.82) is 0 Å². The van der Waals surface area contributed by atoms with Gasteiger partial charge >= 0.3 is 0 Å². The number of furan rings is 1. The van der Waals surface area contributed by atoms with Crippen LogP contribution in [0, 0.1) is 0 Å². The lowest BCUT2D eigenvalue weighted by Crippen LogP contribution is -2.01. The molecule has 3 heterocycles. The Hall–Kier alpha value is -6.92. The highest BCUT2D eigenvalue weighted by Crippen LogP contribution is 2.42. The van der Waals surface area contributed by atoms with E-state index in [2.05, 4.69) is 72.8 Å². The van der Waals surface area contributed by atoms with Gasteiger partial charge in [0.05, 0.1) is 5.56 Å². The summed E-state index contributed by atoms with van der Waals surface area (Å²) in [6.45, 7) is 0. The van der Waals surface area contributed by atoms with Crippen LogP contribution in [-0.4, -0.2) is 19.9 Å². The molecule has 0 saturated heterocycles. The maximum absolute atomic E-state index is 6.41. The first-order valence-corrected chi connectivity index (χ1v) is 16.5. The molecule has 7 aromatic carbocycles. The molecule has 0 N–H and O–H groups in total. The number of hydrogen-bond donors (Lipinski definition) is 0. The predicted molar refractivity (Wildman–Crippen MR) is 199 cm³/mol. The zero-order valence-corrected chi connectivity index (χ0v) is 26.6. The second kappa shape index (κ2) is 11.4. The number of fused-ring (bicyclic) bond motifs is 5. The van der Waals surface area contributed by atoms with Crippen molar-refractivity contribution in [2.75, 3.05) is 0 Å². The molecule has 0 unspecified atom stereocenters. The summed E-state index contributed by atoms with van der Waals surface area (Å²) in [6, 6.07) is 53.1. The molecule has 0 amide bonds. The van der Waals surface area contributed by atoms with E-state index in [1.54, 1.807) is 0 Å². The van der Waals surface area contributed by atoms with Gasteiger partial charge in [-0.3, -0.25) is 0 Å². The average molecular weight is 643 g/mol. The van der Waals surface area contributed by atoms with Crippen LogP contribution in [0.15, 0.2) is 167 Å². The molecule has 6 nitrogen and oxygen atoms in total. The summed E-state index contributed by atoms with van der Waals surface area (Å²) >= 11 is 0. The summed E-state index contributed by atoms with van der Waals surface area (Å²) in [5.74, 6) is 2.12. The van der Waals surface area contributed by atoms with Crippen molar-refractivity contribution in [3.63, 3.8) is 0 Å².